The van der Waals surface area contributed by atoms with Crippen molar-refractivity contribution in [3.8, 4) is 5.75 Å². The lowest BCUT2D eigenvalue weighted by molar-refractivity contribution is -0.131. The Bertz CT molecular complexity index is 568. The number of nitrogens with one attached hydrogen (secondary N) is 1. The Morgan fingerprint density at radius 1 is 1.38 bits per heavy atom. The molecule has 2 aromatic rings. The van der Waals surface area contributed by atoms with Crippen LogP contribution in [0.25, 0.3) is 0 Å². The highest BCUT2D eigenvalue weighted by Crippen LogP contribution is 2.16. The molecule has 21 heavy (non-hydrogen) atoms. The second-order valence-corrected chi connectivity index (χ2v) is 4.80. The molecule has 0 unspecified atom stereocenters. The van der Waals surface area contributed by atoms with E-state index in [9.17, 15) is 4.79 Å². The number of aryl methyl sites for hydroxylation is 1. The number of aromatic amines is 1. The highest BCUT2D eigenvalue weighted by Gasteiger charge is 2.20. The van der Waals surface area contributed by atoms with Crippen molar-refractivity contribution >= 4 is 5.91 Å². The molecule has 0 aliphatic heterocycles. The molecule has 1 atom stereocenters. The number of H-pyrrole nitrogens is 1. The molecule has 7 heteroatoms. The van der Waals surface area contributed by atoms with Crippen LogP contribution < -0.4 is 4.74 Å². The van der Waals surface area contributed by atoms with E-state index in [0.717, 1.165) is 11.3 Å². The fourth-order valence-electron chi connectivity index (χ4n) is 1.96. The first kappa shape index (κ1) is 15.0. The van der Waals surface area contributed by atoms with Gasteiger partial charge in [0.2, 0.25) is 5.91 Å². The van der Waals surface area contributed by atoms with Gasteiger partial charge in [-0.3, -0.25) is 4.79 Å². The number of tetrazole rings is 1. The fraction of sp³-hybridized carbons (Fsp3) is 0.429. The zero-order valence-electron chi connectivity index (χ0n) is 12.4. The van der Waals surface area contributed by atoms with Crippen LogP contribution in [-0.4, -0.2) is 45.6 Å². The van der Waals surface area contributed by atoms with Crippen molar-refractivity contribution in [2.75, 3.05) is 14.2 Å². The van der Waals surface area contributed by atoms with Crippen LogP contribution in [0.5, 0.6) is 5.75 Å². The van der Waals surface area contributed by atoms with Gasteiger partial charge in [-0.15, -0.1) is 10.2 Å². The Balaban J connectivity index is 1.88. The van der Waals surface area contributed by atoms with Gasteiger partial charge >= 0.3 is 0 Å². The summed E-state index contributed by atoms with van der Waals surface area (Å²) in [6.07, 6.45) is 1.12. The monoisotopic (exact) mass is 289 g/mol. The summed E-state index contributed by atoms with van der Waals surface area (Å²) in [7, 11) is 3.38. The van der Waals surface area contributed by atoms with Crippen LogP contribution in [0.2, 0.25) is 0 Å². The van der Waals surface area contributed by atoms with Crippen LogP contribution in [-0.2, 0) is 11.2 Å². The van der Waals surface area contributed by atoms with E-state index in [1.807, 2.05) is 31.2 Å². The van der Waals surface area contributed by atoms with Gasteiger partial charge in [-0.05, 0) is 31.0 Å². The van der Waals surface area contributed by atoms with Crippen LogP contribution in [0.3, 0.4) is 0 Å². The van der Waals surface area contributed by atoms with E-state index in [2.05, 4.69) is 20.6 Å². The number of methoxy groups -OCH3 is 1. The van der Waals surface area contributed by atoms with Gasteiger partial charge in [-0.1, -0.05) is 17.3 Å². The lowest BCUT2D eigenvalue weighted by Crippen LogP contribution is -2.30. The molecule has 1 heterocycles. The number of aromatic nitrogens is 4. The second kappa shape index (κ2) is 6.83. The number of ether oxygens (including phenoxy) is 1. The molecule has 112 valence electrons. The fourth-order valence-corrected chi connectivity index (χ4v) is 1.96. The summed E-state index contributed by atoms with van der Waals surface area (Å²) < 4.78 is 5.11. The Labute approximate surface area is 123 Å². The van der Waals surface area contributed by atoms with Crippen LogP contribution in [0.1, 0.15) is 30.8 Å². The molecule has 1 aromatic heterocycles. The van der Waals surface area contributed by atoms with Gasteiger partial charge in [0.1, 0.15) is 5.75 Å². The maximum absolute atomic E-state index is 12.2. The average Bonchev–Trinajstić information content (AvgIpc) is 3.06. The highest BCUT2D eigenvalue weighted by molar-refractivity contribution is 5.76. The van der Waals surface area contributed by atoms with E-state index in [1.54, 1.807) is 19.1 Å². The molecule has 0 fully saturated rings. The molecule has 7 nitrogen and oxygen atoms in total. The van der Waals surface area contributed by atoms with Gasteiger partial charge in [-0.25, -0.2) is 0 Å². The Kier molecular flexibility index (Phi) is 4.86. The van der Waals surface area contributed by atoms with E-state index in [1.165, 1.54) is 0 Å². The van der Waals surface area contributed by atoms with Crippen molar-refractivity contribution in [2.45, 2.75) is 25.8 Å². The lowest BCUT2D eigenvalue weighted by Gasteiger charge is -2.22. The third-order valence-corrected chi connectivity index (χ3v) is 3.50. The van der Waals surface area contributed by atoms with Crippen LogP contribution in [0, 0.1) is 0 Å². The number of hydrogen-bond donors (Lipinski definition) is 1. The van der Waals surface area contributed by atoms with Crippen molar-refractivity contribution in [3.63, 3.8) is 0 Å². The normalized spacial score (nSPS) is 12.0. The molecule has 0 saturated carbocycles. The first-order valence-electron chi connectivity index (χ1n) is 6.73. The van der Waals surface area contributed by atoms with Crippen molar-refractivity contribution < 1.29 is 9.53 Å². The van der Waals surface area contributed by atoms with Gasteiger partial charge in [0.25, 0.3) is 0 Å². The van der Waals surface area contributed by atoms with E-state index in [0.29, 0.717) is 18.7 Å². The number of amides is 1. The summed E-state index contributed by atoms with van der Waals surface area (Å²) in [6, 6.07) is 7.52. The van der Waals surface area contributed by atoms with Crippen LogP contribution >= 0.6 is 0 Å². The van der Waals surface area contributed by atoms with Gasteiger partial charge in [0.15, 0.2) is 5.82 Å². The number of carbonyl (C=O) groups is 1. The van der Waals surface area contributed by atoms with E-state index in [-0.39, 0.29) is 11.9 Å². The van der Waals surface area contributed by atoms with Crippen molar-refractivity contribution in [1.82, 2.24) is 25.5 Å². The molecular formula is C14H19N5O2. The molecule has 0 saturated heterocycles. The molecule has 0 aliphatic carbocycles. The summed E-state index contributed by atoms with van der Waals surface area (Å²) in [5, 5.41) is 13.7. The summed E-state index contributed by atoms with van der Waals surface area (Å²) in [6.45, 7) is 1.87. The minimum atomic E-state index is -0.202. The molecule has 1 N–H and O–H groups in total. The van der Waals surface area contributed by atoms with Crippen molar-refractivity contribution in [1.29, 1.82) is 0 Å². The maximum atomic E-state index is 12.2. The Morgan fingerprint density at radius 3 is 2.67 bits per heavy atom. The number of benzene rings is 1. The molecular weight excluding hydrogens is 270 g/mol. The molecule has 0 radical (unpaired) electrons. The smallest absolute Gasteiger partial charge is 0.223 e. The molecule has 0 aliphatic rings. The third kappa shape index (κ3) is 3.77. The molecule has 0 bridgehead atoms. The van der Waals surface area contributed by atoms with Gasteiger partial charge < -0.3 is 9.64 Å². The van der Waals surface area contributed by atoms with Gasteiger partial charge in [0, 0.05) is 13.5 Å². The zero-order chi connectivity index (χ0) is 15.2. The Morgan fingerprint density at radius 2 is 2.10 bits per heavy atom. The highest BCUT2D eigenvalue weighted by atomic mass is 16.5. The first-order chi connectivity index (χ1) is 10.1. The second-order valence-electron chi connectivity index (χ2n) is 4.80. The van der Waals surface area contributed by atoms with E-state index in [4.69, 9.17) is 4.74 Å². The standard InChI is InChI=1S/C14H19N5O2/c1-10(14-15-17-18-16-14)19(2)13(20)9-6-11-4-7-12(21-3)8-5-11/h4-5,7-8,10H,6,9H2,1-3H3,(H,15,16,17,18)/t10-/m0/s1. The van der Waals surface area contributed by atoms with Gasteiger partial charge in [0.05, 0.1) is 13.2 Å². The van der Waals surface area contributed by atoms with Crippen LogP contribution in [0.4, 0.5) is 0 Å². The molecule has 0 spiro atoms. The number of rotatable bonds is 6. The lowest BCUT2D eigenvalue weighted by atomic mass is 10.1. The largest absolute Gasteiger partial charge is 0.497 e. The average molecular weight is 289 g/mol. The van der Waals surface area contributed by atoms with E-state index >= 15 is 0 Å². The summed E-state index contributed by atoms with van der Waals surface area (Å²) in [5.41, 5.74) is 1.10. The first-order valence-corrected chi connectivity index (χ1v) is 6.73. The molecule has 1 aromatic carbocycles. The minimum absolute atomic E-state index is 0.0446. The third-order valence-electron chi connectivity index (χ3n) is 3.50. The summed E-state index contributed by atoms with van der Waals surface area (Å²) in [5.74, 6) is 1.37. The Hall–Kier alpha value is -2.44. The number of hydrogen-bond acceptors (Lipinski definition) is 5. The predicted molar refractivity (Wildman–Crippen MR) is 76.7 cm³/mol. The predicted octanol–water partition coefficient (Wildman–Crippen LogP) is 1.36. The topological polar surface area (TPSA) is 84.0 Å². The molecule has 1 amide bonds. The minimum Gasteiger partial charge on any atom is -0.497 e. The van der Waals surface area contributed by atoms with Crippen molar-refractivity contribution in [2.24, 2.45) is 0 Å². The summed E-state index contributed by atoms with van der Waals surface area (Å²) >= 11 is 0. The zero-order valence-corrected chi connectivity index (χ0v) is 12.4. The quantitative estimate of drug-likeness (QED) is 0.868. The van der Waals surface area contributed by atoms with Gasteiger partial charge in [-0.2, -0.15) is 5.21 Å². The molecule has 2 rings (SSSR count). The summed E-state index contributed by atoms with van der Waals surface area (Å²) in [4.78, 5) is 13.8. The van der Waals surface area contributed by atoms with Crippen LogP contribution in [0.15, 0.2) is 24.3 Å². The van der Waals surface area contributed by atoms with Crippen molar-refractivity contribution in [3.05, 3.63) is 35.7 Å². The maximum Gasteiger partial charge on any atom is 0.223 e. The van der Waals surface area contributed by atoms with E-state index < -0.39 is 0 Å². The number of carbonyl (C=O) groups excluding carboxylic acids is 1. The number of nitrogens with zero attached hydrogens (tertiary/aromatic N) is 4. The SMILES string of the molecule is COc1ccc(CCC(=O)N(C)[C@@H](C)c2nn[nH]n2)cc1.